The molecule has 35 heavy (non-hydrogen) atoms. The second-order valence-corrected chi connectivity index (χ2v) is 13.5. The van der Waals surface area contributed by atoms with E-state index in [2.05, 4.69) is 20.8 Å². The molecule has 1 nitrogen and oxygen atoms in total. The highest BCUT2D eigenvalue weighted by molar-refractivity contribution is 5.11. The first-order chi connectivity index (χ1) is 16.0. The average Bonchev–Trinajstić information content (AvgIpc) is 3.10. The van der Waals surface area contributed by atoms with Crippen LogP contribution in [0.4, 0.5) is 26.3 Å². The summed E-state index contributed by atoms with van der Waals surface area (Å²) in [6.45, 7) is 8.10. The van der Waals surface area contributed by atoms with Gasteiger partial charge in [-0.2, -0.15) is 26.3 Å². The van der Waals surface area contributed by atoms with Gasteiger partial charge in [-0.15, -0.1) is 0 Å². The number of rotatable bonds is 5. The molecule has 0 aromatic carbocycles. The number of alkyl halides is 6. The van der Waals surface area contributed by atoms with Crippen LogP contribution in [0.25, 0.3) is 0 Å². The maximum Gasteiger partial charge on any atom is 0.417 e. The van der Waals surface area contributed by atoms with E-state index in [9.17, 15) is 31.4 Å². The Bertz CT molecular complexity index is 764. The highest BCUT2D eigenvalue weighted by Crippen LogP contribution is 2.69. The van der Waals surface area contributed by atoms with Gasteiger partial charge in [0.2, 0.25) is 0 Å². The van der Waals surface area contributed by atoms with Crippen LogP contribution in [-0.4, -0.2) is 23.1 Å². The van der Waals surface area contributed by atoms with Gasteiger partial charge in [-0.3, -0.25) is 0 Å². The van der Waals surface area contributed by atoms with E-state index in [1.54, 1.807) is 0 Å². The zero-order valence-corrected chi connectivity index (χ0v) is 21.7. The second kappa shape index (κ2) is 9.08. The van der Waals surface area contributed by atoms with Gasteiger partial charge in [0, 0.05) is 0 Å². The third-order valence-corrected chi connectivity index (χ3v) is 11.9. The van der Waals surface area contributed by atoms with Crippen LogP contribution in [0, 0.1) is 52.3 Å². The molecule has 0 aromatic rings. The Morgan fingerprint density at radius 3 is 2.09 bits per heavy atom. The zero-order chi connectivity index (χ0) is 26.0. The van der Waals surface area contributed by atoms with Crippen molar-refractivity contribution in [2.45, 2.75) is 123 Å². The normalized spacial score (nSPS) is 45.9. The van der Waals surface area contributed by atoms with Gasteiger partial charge in [0.1, 0.15) is 0 Å². The van der Waals surface area contributed by atoms with E-state index >= 15 is 0 Å². The summed E-state index contributed by atoms with van der Waals surface area (Å²) in [4.78, 5) is 0. The molecule has 0 amide bonds. The number of halogens is 6. The number of fused-ring (bicyclic) bond motifs is 5. The van der Waals surface area contributed by atoms with Gasteiger partial charge in [0.05, 0.1) is 5.92 Å². The Morgan fingerprint density at radius 2 is 1.46 bits per heavy atom. The van der Waals surface area contributed by atoms with E-state index in [1.807, 2.05) is 0 Å². The van der Waals surface area contributed by atoms with Gasteiger partial charge in [-0.05, 0) is 111 Å². The Balaban J connectivity index is 1.42. The van der Waals surface area contributed by atoms with Gasteiger partial charge in [-0.1, -0.05) is 40.5 Å². The van der Waals surface area contributed by atoms with Gasteiger partial charge >= 0.3 is 12.4 Å². The van der Waals surface area contributed by atoms with E-state index in [-0.39, 0.29) is 36.0 Å². The lowest BCUT2D eigenvalue weighted by Gasteiger charge is -2.62. The van der Waals surface area contributed by atoms with E-state index < -0.39 is 23.9 Å². The minimum absolute atomic E-state index is 0.0831. The summed E-state index contributed by atoms with van der Waals surface area (Å²) in [5.74, 6) is 1.07. The van der Waals surface area contributed by atoms with Crippen molar-refractivity contribution in [1.29, 1.82) is 0 Å². The molecule has 10 atom stereocenters. The molecule has 0 aromatic heterocycles. The first kappa shape index (κ1) is 27.6. The molecule has 1 N–H and O–H groups in total. The molecule has 0 unspecified atom stereocenters. The summed E-state index contributed by atoms with van der Waals surface area (Å²) < 4.78 is 79.4. The molecule has 0 spiro atoms. The molecular weight excluding hydrogens is 466 g/mol. The third kappa shape index (κ3) is 4.67. The summed E-state index contributed by atoms with van der Waals surface area (Å²) in [5, 5.41) is 10.4. The van der Waals surface area contributed by atoms with Crippen LogP contribution < -0.4 is 0 Å². The molecule has 4 saturated carbocycles. The summed E-state index contributed by atoms with van der Waals surface area (Å²) >= 11 is 0. The first-order valence-corrected chi connectivity index (χ1v) is 13.9. The predicted octanol–water partition coefficient (Wildman–Crippen LogP) is 8.94. The van der Waals surface area contributed by atoms with Crippen molar-refractivity contribution < 1.29 is 31.4 Å². The fraction of sp³-hybridized carbons (Fsp3) is 1.00. The van der Waals surface area contributed by atoms with Gasteiger partial charge < -0.3 is 5.11 Å². The van der Waals surface area contributed by atoms with Gasteiger partial charge in [0.15, 0.2) is 5.60 Å². The van der Waals surface area contributed by atoms with E-state index in [0.29, 0.717) is 42.4 Å². The lowest BCUT2D eigenvalue weighted by Crippen LogP contribution is -2.59. The molecule has 0 aliphatic heterocycles. The molecule has 4 aliphatic rings. The summed E-state index contributed by atoms with van der Waals surface area (Å²) in [6, 6.07) is 0. The third-order valence-electron chi connectivity index (χ3n) is 11.9. The maximum absolute atomic E-state index is 13.6. The van der Waals surface area contributed by atoms with Crippen molar-refractivity contribution in [3.05, 3.63) is 0 Å². The molecule has 0 heterocycles. The molecular formula is C28H44F6O. The molecule has 0 bridgehead atoms. The Labute approximate surface area is 206 Å². The molecule has 0 saturated heterocycles. The van der Waals surface area contributed by atoms with Gasteiger partial charge in [-0.25, -0.2) is 0 Å². The minimum atomic E-state index is -4.57. The number of hydrogen-bond donors (Lipinski definition) is 1. The maximum atomic E-state index is 13.6. The summed E-state index contributed by atoms with van der Waals surface area (Å²) in [6.07, 6.45) is -0.899. The van der Waals surface area contributed by atoms with Crippen LogP contribution in [-0.2, 0) is 0 Å². The van der Waals surface area contributed by atoms with Crippen molar-refractivity contribution in [2.75, 3.05) is 0 Å². The van der Waals surface area contributed by atoms with Crippen LogP contribution >= 0.6 is 0 Å². The molecule has 4 fully saturated rings. The van der Waals surface area contributed by atoms with Crippen molar-refractivity contribution in [3.63, 3.8) is 0 Å². The number of hydrogen-bond acceptors (Lipinski definition) is 1. The average molecular weight is 511 g/mol. The quantitative estimate of drug-likeness (QED) is 0.366. The fourth-order valence-electron chi connectivity index (χ4n) is 9.59. The minimum Gasteiger partial charge on any atom is -0.380 e. The van der Waals surface area contributed by atoms with E-state index in [1.165, 1.54) is 6.92 Å². The standard InChI is InChI=1S/C28H44F6O/c1-17(6-5-7-18(2)27(29,30)31)21-10-11-22-20-9-8-19-16-26(35,28(32,33)34)15-14-24(19,3)23(20)12-13-25(21,22)4/h17-23,35H,5-16H2,1-4H3/t17-,18-,19+,20+,21-,22+,23+,24+,25-,26+/m1/s1. The highest BCUT2D eigenvalue weighted by atomic mass is 19.4. The van der Waals surface area contributed by atoms with Crippen molar-refractivity contribution in [3.8, 4) is 0 Å². The Morgan fingerprint density at radius 1 is 0.800 bits per heavy atom. The number of aliphatic hydroxyl groups is 1. The van der Waals surface area contributed by atoms with E-state index in [0.717, 1.165) is 44.9 Å². The topological polar surface area (TPSA) is 20.2 Å². The lowest BCUT2D eigenvalue weighted by molar-refractivity contribution is -0.290. The smallest absolute Gasteiger partial charge is 0.380 e. The fourth-order valence-corrected chi connectivity index (χ4v) is 9.59. The zero-order valence-electron chi connectivity index (χ0n) is 21.7. The lowest BCUT2D eigenvalue weighted by atomic mass is 9.43. The monoisotopic (exact) mass is 510 g/mol. The second-order valence-electron chi connectivity index (χ2n) is 13.5. The predicted molar refractivity (Wildman–Crippen MR) is 124 cm³/mol. The van der Waals surface area contributed by atoms with Crippen LogP contribution in [0.15, 0.2) is 0 Å². The molecule has 4 rings (SSSR count). The molecule has 204 valence electrons. The molecule has 7 heteroatoms. The van der Waals surface area contributed by atoms with E-state index in [4.69, 9.17) is 0 Å². The van der Waals surface area contributed by atoms with Crippen LogP contribution in [0.2, 0.25) is 0 Å². The molecule has 4 aliphatic carbocycles. The van der Waals surface area contributed by atoms with Crippen molar-refractivity contribution >= 4 is 0 Å². The van der Waals surface area contributed by atoms with Crippen LogP contribution in [0.3, 0.4) is 0 Å². The van der Waals surface area contributed by atoms with Crippen LogP contribution in [0.1, 0.15) is 105 Å². The summed E-state index contributed by atoms with van der Waals surface area (Å²) in [7, 11) is 0. The van der Waals surface area contributed by atoms with Crippen molar-refractivity contribution in [1.82, 2.24) is 0 Å². The van der Waals surface area contributed by atoms with Gasteiger partial charge in [0.25, 0.3) is 0 Å². The summed E-state index contributed by atoms with van der Waals surface area (Å²) in [5.41, 5.74) is -2.50. The first-order valence-electron chi connectivity index (χ1n) is 13.9. The van der Waals surface area contributed by atoms with Crippen LogP contribution in [0.5, 0.6) is 0 Å². The SMILES string of the molecule is C[C@H](CCC[C@@H](C)C(F)(F)F)[C@H]1CC[C@H]2[C@@H]3CC[C@H]4C[C@](O)(C(F)(F)F)CC[C@]4(C)[C@H]3CC[C@]12C. The largest absolute Gasteiger partial charge is 0.417 e. The Hall–Kier alpha value is -0.460. The van der Waals surface area contributed by atoms with Crippen molar-refractivity contribution in [2.24, 2.45) is 52.3 Å². The highest BCUT2D eigenvalue weighted by Gasteiger charge is 2.65. The Kier molecular flexibility index (Phi) is 7.15. The molecule has 0 radical (unpaired) electrons.